The normalized spacial score (nSPS) is 10.3. The smallest absolute Gasteiger partial charge is 0.256 e. The van der Waals surface area contributed by atoms with E-state index in [1.807, 2.05) is 29.1 Å². The van der Waals surface area contributed by atoms with Crippen molar-refractivity contribution in [3.05, 3.63) is 47.3 Å². The number of rotatable bonds is 4. The van der Waals surface area contributed by atoms with Crippen molar-refractivity contribution in [3.63, 3.8) is 0 Å². The van der Waals surface area contributed by atoms with Gasteiger partial charge in [-0.05, 0) is 12.1 Å². The molecule has 0 unspecified atom stereocenters. The molecule has 0 spiro atoms. The van der Waals surface area contributed by atoms with Crippen molar-refractivity contribution >= 4 is 21.8 Å². The van der Waals surface area contributed by atoms with Crippen LogP contribution >= 0.6 is 15.9 Å². The summed E-state index contributed by atoms with van der Waals surface area (Å²) in [5.74, 6) is 0.560. The third kappa shape index (κ3) is 2.53. The monoisotopic (exact) mass is 308 g/mol. The van der Waals surface area contributed by atoms with E-state index in [4.69, 9.17) is 0 Å². The Morgan fingerprint density at radius 1 is 1.50 bits per heavy atom. The third-order valence-corrected chi connectivity index (χ3v) is 2.72. The van der Waals surface area contributed by atoms with Gasteiger partial charge in [0.05, 0.1) is 6.20 Å². The lowest BCUT2D eigenvalue weighted by atomic mass is 10.3. The second kappa shape index (κ2) is 5.22. The Bertz CT molecular complexity index is 571. The highest BCUT2D eigenvalue weighted by Crippen LogP contribution is 2.13. The summed E-state index contributed by atoms with van der Waals surface area (Å²) in [5.41, 5.74) is 0.530. The number of aromatic nitrogens is 3. The predicted molar refractivity (Wildman–Crippen MR) is 72.9 cm³/mol. The van der Waals surface area contributed by atoms with E-state index in [0.29, 0.717) is 12.1 Å². The molecule has 0 saturated heterocycles. The molecule has 1 amide bonds. The van der Waals surface area contributed by atoms with Gasteiger partial charge in [-0.3, -0.25) is 9.48 Å². The molecular formula is C12H13BrN4O. The lowest BCUT2D eigenvalue weighted by Gasteiger charge is -2.07. The molecular weight excluding hydrogens is 296 g/mol. The van der Waals surface area contributed by atoms with Crippen LogP contribution in [0.3, 0.4) is 0 Å². The zero-order valence-corrected chi connectivity index (χ0v) is 11.5. The van der Waals surface area contributed by atoms with E-state index in [-0.39, 0.29) is 5.91 Å². The second-order valence-corrected chi connectivity index (χ2v) is 4.92. The van der Waals surface area contributed by atoms with Crippen LogP contribution in [0.4, 0.5) is 0 Å². The molecule has 5 nitrogen and oxygen atoms in total. The van der Waals surface area contributed by atoms with Gasteiger partial charge in [-0.25, -0.2) is 0 Å². The van der Waals surface area contributed by atoms with Gasteiger partial charge in [0.2, 0.25) is 0 Å². The number of hydrogen-bond donors (Lipinski definition) is 1. The number of carbonyl (C=O) groups is 1. The molecule has 0 bridgehead atoms. The zero-order valence-electron chi connectivity index (χ0n) is 9.93. The number of hydrogen-bond acceptors (Lipinski definition) is 2. The maximum atomic E-state index is 12.0. The molecule has 2 aromatic rings. The average Bonchev–Trinajstić information content (AvgIpc) is 2.94. The first-order valence-corrected chi connectivity index (χ1v) is 6.15. The molecule has 94 valence electrons. The summed E-state index contributed by atoms with van der Waals surface area (Å²) in [6.07, 6.45) is 5.30. The van der Waals surface area contributed by atoms with Gasteiger partial charge in [0.25, 0.3) is 5.91 Å². The Morgan fingerprint density at radius 3 is 2.78 bits per heavy atom. The fourth-order valence-corrected chi connectivity index (χ4v) is 1.78. The van der Waals surface area contributed by atoms with Crippen molar-refractivity contribution in [2.45, 2.75) is 0 Å². The molecule has 0 aliphatic heterocycles. The van der Waals surface area contributed by atoms with Gasteiger partial charge in [0, 0.05) is 30.5 Å². The molecule has 1 N–H and O–H groups in total. The molecule has 2 aromatic heterocycles. The van der Waals surface area contributed by atoms with Crippen LogP contribution in [-0.2, 0) is 7.05 Å². The molecule has 6 heteroatoms. The van der Waals surface area contributed by atoms with Gasteiger partial charge in [-0.1, -0.05) is 22.5 Å². The van der Waals surface area contributed by atoms with E-state index < -0.39 is 0 Å². The highest BCUT2D eigenvalue weighted by molar-refractivity contribution is 9.11. The van der Waals surface area contributed by atoms with Crippen molar-refractivity contribution in [3.8, 4) is 5.82 Å². The second-order valence-electron chi connectivity index (χ2n) is 3.80. The summed E-state index contributed by atoms with van der Waals surface area (Å²) >= 11 is 3.20. The maximum absolute atomic E-state index is 12.0. The molecule has 0 saturated carbocycles. The molecule has 0 radical (unpaired) electrons. The van der Waals surface area contributed by atoms with Crippen LogP contribution in [-0.4, -0.2) is 26.8 Å². The first kappa shape index (κ1) is 12.6. The Labute approximate surface area is 113 Å². The van der Waals surface area contributed by atoms with Gasteiger partial charge in [0.15, 0.2) is 0 Å². The minimum Gasteiger partial charge on any atom is -0.347 e. The Balaban J connectivity index is 2.29. The van der Waals surface area contributed by atoms with Crippen molar-refractivity contribution < 1.29 is 4.79 Å². The van der Waals surface area contributed by atoms with Crippen LogP contribution < -0.4 is 5.32 Å². The molecule has 0 aliphatic carbocycles. The van der Waals surface area contributed by atoms with E-state index in [1.54, 1.807) is 17.9 Å². The Kier molecular flexibility index (Phi) is 3.66. The van der Waals surface area contributed by atoms with Crippen molar-refractivity contribution in [1.82, 2.24) is 19.7 Å². The molecule has 18 heavy (non-hydrogen) atoms. The first-order chi connectivity index (χ1) is 8.59. The number of nitrogens with zero attached hydrogens (tertiary/aromatic N) is 3. The summed E-state index contributed by atoms with van der Waals surface area (Å²) in [5, 5.41) is 6.88. The van der Waals surface area contributed by atoms with E-state index >= 15 is 0 Å². The van der Waals surface area contributed by atoms with Crippen molar-refractivity contribution in [2.75, 3.05) is 6.54 Å². The first-order valence-electron chi connectivity index (χ1n) is 5.36. The standard InChI is InChI=1S/C12H13BrN4O/c1-9(13)7-14-11(18)10-8-15-16(2)12(10)17-5-3-4-6-17/h3-6,8H,1,7H2,2H3,(H,14,18). The average molecular weight is 309 g/mol. The molecule has 2 rings (SSSR count). The lowest BCUT2D eigenvalue weighted by molar-refractivity contribution is 0.0957. The highest BCUT2D eigenvalue weighted by Gasteiger charge is 2.16. The molecule has 0 aliphatic rings. The molecule has 0 atom stereocenters. The Morgan fingerprint density at radius 2 is 2.17 bits per heavy atom. The van der Waals surface area contributed by atoms with Gasteiger partial charge in [0.1, 0.15) is 11.4 Å². The number of amides is 1. The molecule has 0 fully saturated rings. The number of halogens is 1. The fourth-order valence-electron chi connectivity index (χ4n) is 1.64. The van der Waals surface area contributed by atoms with Gasteiger partial charge in [-0.2, -0.15) is 5.10 Å². The Hall–Kier alpha value is -1.82. The summed E-state index contributed by atoms with van der Waals surface area (Å²) in [6, 6.07) is 3.80. The van der Waals surface area contributed by atoms with Crippen molar-refractivity contribution in [1.29, 1.82) is 0 Å². The van der Waals surface area contributed by atoms with Crippen LogP contribution in [0.25, 0.3) is 5.82 Å². The highest BCUT2D eigenvalue weighted by atomic mass is 79.9. The summed E-state index contributed by atoms with van der Waals surface area (Å²) in [6.45, 7) is 4.06. The van der Waals surface area contributed by atoms with Crippen LogP contribution in [0.1, 0.15) is 10.4 Å². The minimum absolute atomic E-state index is 0.174. The number of carbonyl (C=O) groups excluding carboxylic acids is 1. The minimum atomic E-state index is -0.174. The predicted octanol–water partition coefficient (Wildman–Crippen LogP) is 1.85. The van der Waals surface area contributed by atoms with E-state index in [2.05, 4.69) is 32.9 Å². The van der Waals surface area contributed by atoms with E-state index in [1.165, 1.54) is 0 Å². The lowest BCUT2D eigenvalue weighted by Crippen LogP contribution is -2.25. The van der Waals surface area contributed by atoms with Crippen LogP contribution in [0.5, 0.6) is 0 Å². The van der Waals surface area contributed by atoms with Gasteiger partial charge in [-0.15, -0.1) is 0 Å². The number of aryl methyl sites for hydroxylation is 1. The van der Waals surface area contributed by atoms with E-state index in [0.717, 1.165) is 10.3 Å². The topological polar surface area (TPSA) is 51.9 Å². The third-order valence-electron chi connectivity index (χ3n) is 2.44. The van der Waals surface area contributed by atoms with Crippen LogP contribution in [0.2, 0.25) is 0 Å². The SMILES string of the molecule is C=C(Br)CNC(=O)c1cnn(C)c1-n1cccc1. The molecule has 2 heterocycles. The maximum Gasteiger partial charge on any atom is 0.256 e. The molecule has 0 aromatic carbocycles. The largest absolute Gasteiger partial charge is 0.347 e. The quantitative estimate of drug-likeness (QED) is 0.937. The summed E-state index contributed by atoms with van der Waals surface area (Å²) in [7, 11) is 1.80. The zero-order chi connectivity index (χ0) is 13.1. The summed E-state index contributed by atoms with van der Waals surface area (Å²) < 4.78 is 4.24. The number of nitrogens with one attached hydrogen (secondary N) is 1. The fraction of sp³-hybridized carbons (Fsp3) is 0.167. The van der Waals surface area contributed by atoms with Crippen LogP contribution in [0, 0.1) is 0 Å². The van der Waals surface area contributed by atoms with Crippen molar-refractivity contribution in [2.24, 2.45) is 7.05 Å². The van der Waals surface area contributed by atoms with E-state index in [9.17, 15) is 4.79 Å². The van der Waals surface area contributed by atoms with Gasteiger partial charge >= 0.3 is 0 Å². The van der Waals surface area contributed by atoms with Gasteiger partial charge < -0.3 is 9.88 Å². The summed E-state index contributed by atoms with van der Waals surface area (Å²) in [4.78, 5) is 12.0. The van der Waals surface area contributed by atoms with Crippen LogP contribution in [0.15, 0.2) is 41.8 Å².